The molecule has 0 spiro atoms. The van der Waals surface area contributed by atoms with E-state index >= 15 is 0 Å². The van der Waals surface area contributed by atoms with Crippen LogP contribution in [0.2, 0.25) is 0 Å². The Hall–Kier alpha value is -0.710. The van der Waals surface area contributed by atoms with Crippen molar-refractivity contribution in [3.8, 4) is 0 Å². The van der Waals surface area contributed by atoms with Crippen LogP contribution in [-0.2, 0) is 0 Å². The summed E-state index contributed by atoms with van der Waals surface area (Å²) in [6.45, 7) is 4.98. The molecular weight excluding hydrogens is 397 g/mol. The lowest BCUT2D eigenvalue weighted by atomic mass is 9.97. The van der Waals surface area contributed by atoms with Crippen LogP contribution < -0.4 is 5.32 Å². The SMILES string of the molecule is CCCNC(c1ccc(C)cc1Br)c1cccc(Br)c1F. The minimum atomic E-state index is -0.210. The summed E-state index contributed by atoms with van der Waals surface area (Å²) in [6, 6.07) is 11.4. The second-order valence-electron chi connectivity index (χ2n) is 5.06. The summed E-state index contributed by atoms with van der Waals surface area (Å²) >= 11 is 6.88. The molecule has 0 heterocycles. The third kappa shape index (κ3) is 3.93. The molecule has 0 saturated heterocycles. The van der Waals surface area contributed by atoms with Gasteiger partial charge in [0.15, 0.2) is 0 Å². The summed E-state index contributed by atoms with van der Waals surface area (Å²) in [7, 11) is 0. The van der Waals surface area contributed by atoms with Crippen LogP contribution in [0.4, 0.5) is 4.39 Å². The van der Waals surface area contributed by atoms with Gasteiger partial charge in [0.25, 0.3) is 0 Å². The molecule has 0 fully saturated rings. The van der Waals surface area contributed by atoms with Gasteiger partial charge >= 0.3 is 0 Å². The van der Waals surface area contributed by atoms with Gasteiger partial charge in [-0.25, -0.2) is 4.39 Å². The Kier molecular flexibility index (Phi) is 5.97. The number of hydrogen-bond donors (Lipinski definition) is 1. The highest BCUT2D eigenvalue weighted by molar-refractivity contribution is 9.10. The van der Waals surface area contributed by atoms with Crippen LogP contribution in [0, 0.1) is 12.7 Å². The lowest BCUT2D eigenvalue weighted by molar-refractivity contribution is 0.542. The van der Waals surface area contributed by atoms with Crippen LogP contribution in [0.1, 0.15) is 36.1 Å². The van der Waals surface area contributed by atoms with Gasteiger partial charge < -0.3 is 5.32 Å². The van der Waals surface area contributed by atoms with Gasteiger partial charge in [0, 0.05) is 10.0 Å². The van der Waals surface area contributed by atoms with Crippen LogP contribution >= 0.6 is 31.9 Å². The summed E-state index contributed by atoms with van der Waals surface area (Å²) in [5.74, 6) is -0.210. The quantitative estimate of drug-likeness (QED) is 0.656. The molecule has 112 valence electrons. The molecule has 0 bridgehead atoms. The topological polar surface area (TPSA) is 12.0 Å². The van der Waals surface area contributed by atoms with E-state index in [2.05, 4.69) is 56.2 Å². The monoisotopic (exact) mass is 413 g/mol. The van der Waals surface area contributed by atoms with E-state index in [9.17, 15) is 4.39 Å². The van der Waals surface area contributed by atoms with Crippen molar-refractivity contribution in [2.75, 3.05) is 6.54 Å². The number of halogens is 3. The Morgan fingerprint density at radius 3 is 2.52 bits per heavy atom. The second-order valence-corrected chi connectivity index (χ2v) is 6.76. The van der Waals surface area contributed by atoms with Crippen molar-refractivity contribution in [3.63, 3.8) is 0 Å². The standard InChI is InChI=1S/C17H18Br2FN/c1-3-9-21-17(12-8-7-11(2)10-15(12)19)13-5-4-6-14(18)16(13)20/h4-8,10,17,21H,3,9H2,1-2H3. The maximum atomic E-state index is 14.5. The third-order valence-corrected chi connectivity index (χ3v) is 4.66. The molecule has 0 amide bonds. The second kappa shape index (κ2) is 7.52. The van der Waals surface area contributed by atoms with Crippen molar-refractivity contribution in [1.82, 2.24) is 5.32 Å². The smallest absolute Gasteiger partial charge is 0.142 e. The van der Waals surface area contributed by atoms with Crippen molar-refractivity contribution in [3.05, 3.63) is 67.9 Å². The molecule has 1 unspecified atom stereocenters. The summed E-state index contributed by atoms with van der Waals surface area (Å²) in [6.07, 6.45) is 0.996. The zero-order valence-corrected chi connectivity index (χ0v) is 15.3. The van der Waals surface area contributed by atoms with Gasteiger partial charge in [0.2, 0.25) is 0 Å². The predicted octanol–water partition coefficient (Wildman–Crippen LogP) is 5.75. The summed E-state index contributed by atoms with van der Waals surface area (Å²) in [4.78, 5) is 0. The molecule has 21 heavy (non-hydrogen) atoms. The first-order valence-corrected chi connectivity index (χ1v) is 8.56. The molecule has 0 aliphatic heterocycles. The number of benzene rings is 2. The van der Waals surface area contributed by atoms with E-state index in [0.717, 1.165) is 23.0 Å². The summed E-state index contributed by atoms with van der Waals surface area (Å²) < 4.78 is 16.0. The van der Waals surface area contributed by atoms with Crippen molar-refractivity contribution >= 4 is 31.9 Å². The minimum Gasteiger partial charge on any atom is -0.306 e. The number of aryl methyl sites for hydroxylation is 1. The van der Waals surface area contributed by atoms with E-state index in [4.69, 9.17) is 0 Å². The lowest BCUT2D eigenvalue weighted by Crippen LogP contribution is -2.24. The van der Waals surface area contributed by atoms with Crippen molar-refractivity contribution in [1.29, 1.82) is 0 Å². The van der Waals surface area contributed by atoms with Gasteiger partial charge in [0.1, 0.15) is 5.82 Å². The first-order chi connectivity index (χ1) is 10.0. The molecule has 2 aromatic rings. The molecule has 2 aromatic carbocycles. The van der Waals surface area contributed by atoms with E-state index in [1.165, 1.54) is 5.56 Å². The van der Waals surface area contributed by atoms with Gasteiger partial charge in [-0.2, -0.15) is 0 Å². The highest BCUT2D eigenvalue weighted by Gasteiger charge is 2.20. The predicted molar refractivity (Wildman–Crippen MR) is 93.1 cm³/mol. The van der Waals surface area contributed by atoms with Gasteiger partial charge in [-0.05, 0) is 59.1 Å². The van der Waals surface area contributed by atoms with E-state index < -0.39 is 0 Å². The average molecular weight is 415 g/mol. The number of nitrogens with one attached hydrogen (secondary N) is 1. The molecule has 1 N–H and O–H groups in total. The van der Waals surface area contributed by atoms with Crippen molar-refractivity contribution < 1.29 is 4.39 Å². The molecule has 2 rings (SSSR count). The number of hydrogen-bond acceptors (Lipinski definition) is 1. The molecule has 0 radical (unpaired) electrons. The zero-order valence-electron chi connectivity index (χ0n) is 12.1. The molecule has 1 nitrogen and oxygen atoms in total. The fraction of sp³-hybridized carbons (Fsp3) is 0.294. The van der Waals surface area contributed by atoms with E-state index in [-0.39, 0.29) is 11.9 Å². The van der Waals surface area contributed by atoms with E-state index in [1.54, 1.807) is 6.07 Å². The lowest BCUT2D eigenvalue weighted by Gasteiger charge is -2.22. The van der Waals surface area contributed by atoms with Gasteiger partial charge in [-0.15, -0.1) is 0 Å². The molecule has 0 saturated carbocycles. The van der Waals surface area contributed by atoms with Crippen LogP contribution in [0.15, 0.2) is 45.3 Å². The normalized spacial score (nSPS) is 12.4. The van der Waals surface area contributed by atoms with Crippen molar-refractivity contribution in [2.24, 2.45) is 0 Å². The van der Waals surface area contributed by atoms with Gasteiger partial charge in [-0.1, -0.05) is 47.1 Å². The fourth-order valence-corrected chi connectivity index (χ4v) is 3.39. The average Bonchev–Trinajstić information content (AvgIpc) is 2.45. The Labute approximate surface area is 142 Å². The van der Waals surface area contributed by atoms with Crippen LogP contribution in [-0.4, -0.2) is 6.54 Å². The van der Waals surface area contributed by atoms with Gasteiger partial charge in [0.05, 0.1) is 10.5 Å². The van der Waals surface area contributed by atoms with Crippen LogP contribution in [0.3, 0.4) is 0 Å². The Balaban J connectivity index is 2.49. The minimum absolute atomic E-state index is 0.169. The van der Waals surface area contributed by atoms with E-state index in [0.29, 0.717) is 10.0 Å². The highest BCUT2D eigenvalue weighted by Crippen LogP contribution is 2.32. The summed E-state index contributed by atoms with van der Waals surface area (Å²) in [5.41, 5.74) is 2.88. The fourth-order valence-electron chi connectivity index (χ4n) is 2.29. The Morgan fingerprint density at radius 1 is 1.10 bits per heavy atom. The summed E-state index contributed by atoms with van der Waals surface area (Å²) in [5, 5.41) is 3.44. The third-order valence-electron chi connectivity index (χ3n) is 3.36. The number of rotatable bonds is 5. The Morgan fingerprint density at radius 2 is 1.86 bits per heavy atom. The van der Waals surface area contributed by atoms with Crippen LogP contribution in [0.25, 0.3) is 0 Å². The first-order valence-electron chi connectivity index (χ1n) is 6.98. The maximum absolute atomic E-state index is 14.5. The zero-order chi connectivity index (χ0) is 15.4. The molecule has 1 atom stereocenters. The van der Waals surface area contributed by atoms with E-state index in [1.807, 2.05) is 25.1 Å². The highest BCUT2D eigenvalue weighted by atomic mass is 79.9. The van der Waals surface area contributed by atoms with Crippen LogP contribution in [0.5, 0.6) is 0 Å². The Bertz CT molecular complexity index is 628. The van der Waals surface area contributed by atoms with Gasteiger partial charge in [-0.3, -0.25) is 0 Å². The maximum Gasteiger partial charge on any atom is 0.142 e. The first kappa shape index (κ1) is 16.7. The van der Waals surface area contributed by atoms with Crippen molar-refractivity contribution in [2.45, 2.75) is 26.3 Å². The largest absolute Gasteiger partial charge is 0.306 e. The molecule has 0 aliphatic carbocycles. The molecule has 0 aliphatic rings. The molecular formula is C17H18Br2FN. The molecule has 0 aromatic heterocycles. The molecule has 4 heteroatoms.